The fourth-order valence-corrected chi connectivity index (χ4v) is 2.02. The van der Waals surface area contributed by atoms with Gasteiger partial charge in [0.05, 0.1) is 12.7 Å². The number of carbonyl (C=O) groups excluding carboxylic acids is 1. The number of para-hydroxylation sites is 1. The Morgan fingerprint density at radius 3 is 2.62 bits per heavy atom. The second-order valence-electron chi connectivity index (χ2n) is 4.61. The summed E-state index contributed by atoms with van der Waals surface area (Å²) in [5, 5.41) is 9.98. The molecule has 0 bridgehead atoms. The molecule has 5 heteroatoms. The average Bonchev–Trinajstić information content (AvgIpc) is 2.49. The second kappa shape index (κ2) is 6.26. The summed E-state index contributed by atoms with van der Waals surface area (Å²) < 4.78 is 18.6. The first kappa shape index (κ1) is 14.8. The van der Waals surface area contributed by atoms with Crippen LogP contribution in [0, 0.1) is 5.82 Å². The van der Waals surface area contributed by atoms with E-state index in [1.165, 1.54) is 24.1 Å². The van der Waals surface area contributed by atoms with E-state index in [1.807, 2.05) is 0 Å². The van der Waals surface area contributed by atoms with Crippen LogP contribution in [-0.2, 0) is 6.54 Å². The molecular formula is C16H16FNO3. The monoisotopic (exact) mass is 289 g/mol. The molecule has 0 heterocycles. The molecule has 0 radical (unpaired) electrons. The maximum absolute atomic E-state index is 13.6. The minimum Gasteiger partial charge on any atom is -0.504 e. The van der Waals surface area contributed by atoms with Crippen molar-refractivity contribution in [1.82, 2.24) is 4.90 Å². The molecule has 2 aromatic rings. The maximum atomic E-state index is 13.6. The van der Waals surface area contributed by atoms with Crippen molar-refractivity contribution in [3.05, 3.63) is 59.4 Å². The molecule has 0 fully saturated rings. The lowest BCUT2D eigenvalue weighted by atomic mass is 10.1. The van der Waals surface area contributed by atoms with Gasteiger partial charge in [-0.15, -0.1) is 0 Å². The van der Waals surface area contributed by atoms with Gasteiger partial charge in [0, 0.05) is 19.2 Å². The van der Waals surface area contributed by atoms with E-state index in [1.54, 1.807) is 37.4 Å². The number of ether oxygens (including phenoxy) is 1. The quantitative estimate of drug-likeness (QED) is 0.941. The van der Waals surface area contributed by atoms with E-state index >= 15 is 0 Å². The summed E-state index contributed by atoms with van der Waals surface area (Å²) in [6.45, 7) is 0.113. The van der Waals surface area contributed by atoms with Crippen molar-refractivity contribution >= 4 is 5.91 Å². The molecule has 21 heavy (non-hydrogen) atoms. The zero-order valence-electron chi connectivity index (χ0n) is 11.8. The Kier molecular flexibility index (Phi) is 4.42. The van der Waals surface area contributed by atoms with Crippen molar-refractivity contribution in [3.8, 4) is 11.5 Å². The van der Waals surface area contributed by atoms with Crippen LogP contribution in [0.15, 0.2) is 42.5 Å². The number of phenols is 1. The molecule has 0 saturated carbocycles. The van der Waals surface area contributed by atoms with Gasteiger partial charge in [-0.2, -0.15) is 0 Å². The summed E-state index contributed by atoms with van der Waals surface area (Å²) in [7, 11) is 2.96. The third-order valence-electron chi connectivity index (χ3n) is 3.16. The number of aromatic hydroxyl groups is 1. The fraction of sp³-hybridized carbons (Fsp3) is 0.188. The van der Waals surface area contributed by atoms with Gasteiger partial charge in [0.2, 0.25) is 0 Å². The smallest absolute Gasteiger partial charge is 0.257 e. The van der Waals surface area contributed by atoms with Crippen molar-refractivity contribution < 1.29 is 19.0 Å². The Hall–Kier alpha value is -2.56. The first-order chi connectivity index (χ1) is 10.0. The highest BCUT2D eigenvalue weighted by Gasteiger charge is 2.19. The Labute approximate surface area is 122 Å². The lowest BCUT2D eigenvalue weighted by Gasteiger charge is -2.19. The van der Waals surface area contributed by atoms with Crippen LogP contribution >= 0.6 is 0 Å². The number of hydrogen-bond acceptors (Lipinski definition) is 3. The van der Waals surface area contributed by atoms with E-state index in [4.69, 9.17) is 4.74 Å². The van der Waals surface area contributed by atoms with Crippen molar-refractivity contribution in [3.63, 3.8) is 0 Å². The van der Waals surface area contributed by atoms with Crippen LogP contribution in [0.2, 0.25) is 0 Å². The van der Waals surface area contributed by atoms with Gasteiger partial charge in [0.25, 0.3) is 5.91 Å². The van der Waals surface area contributed by atoms with Gasteiger partial charge in [-0.1, -0.05) is 24.3 Å². The SMILES string of the molecule is COc1cccc(C(=O)N(C)Cc2ccccc2F)c1O. The molecule has 0 aromatic heterocycles. The van der Waals surface area contributed by atoms with Gasteiger partial charge < -0.3 is 14.7 Å². The standard InChI is InChI=1S/C16H16FNO3/c1-18(10-11-6-3-4-8-13(11)17)16(20)12-7-5-9-14(21-2)15(12)19/h3-9,19H,10H2,1-2H3. The minimum atomic E-state index is -0.408. The number of amides is 1. The summed E-state index contributed by atoms with van der Waals surface area (Å²) in [6, 6.07) is 10.9. The number of phenolic OH excluding ortho intramolecular Hbond substituents is 1. The van der Waals surface area contributed by atoms with E-state index in [-0.39, 0.29) is 29.4 Å². The summed E-state index contributed by atoms with van der Waals surface area (Å²) >= 11 is 0. The van der Waals surface area contributed by atoms with Crippen molar-refractivity contribution in [2.45, 2.75) is 6.54 Å². The predicted molar refractivity (Wildman–Crippen MR) is 76.9 cm³/mol. The summed E-state index contributed by atoms with van der Waals surface area (Å²) in [6.07, 6.45) is 0. The molecule has 110 valence electrons. The number of rotatable bonds is 4. The zero-order valence-corrected chi connectivity index (χ0v) is 11.8. The number of halogens is 1. The Bertz CT molecular complexity index is 658. The van der Waals surface area contributed by atoms with Crippen LogP contribution in [-0.4, -0.2) is 30.1 Å². The van der Waals surface area contributed by atoms with E-state index in [0.29, 0.717) is 5.56 Å². The highest BCUT2D eigenvalue weighted by molar-refractivity contribution is 5.97. The van der Waals surface area contributed by atoms with Crippen LogP contribution in [0.5, 0.6) is 11.5 Å². The fourth-order valence-electron chi connectivity index (χ4n) is 2.02. The molecule has 0 saturated heterocycles. The van der Waals surface area contributed by atoms with Gasteiger partial charge in [-0.25, -0.2) is 4.39 Å². The average molecular weight is 289 g/mol. The van der Waals surface area contributed by atoms with Crippen LogP contribution in [0.1, 0.15) is 15.9 Å². The molecular weight excluding hydrogens is 273 g/mol. The van der Waals surface area contributed by atoms with Crippen LogP contribution in [0.3, 0.4) is 0 Å². The Morgan fingerprint density at radius 1 is 1.24 bits per heavy atom. The molecule has 1 amide bonds. The predicted octanol–water partition coefficient (Wildman–Crippen LogP) is 2.81. The molecule has 0 aliphatic heterocycles. The molecule has 0 aliphatic carbocycles. The van der Waals surface area contributed by atoms with Crippen molar-refractivity contribution in [2.24, 2.45) is 0 Å². The molecule has 0 spiro atoms. The van der Waals surface area contributed by atoms with Gasteiger partial charge in [-0.3, -0.25) is 4.79 Å². The van der Waals surface area contributed by atoms with Gasteiger partial charge in [-0.05, 0) is 18.2 Å². The highest BCUT2D eigenvalue weighted by atomic mass is 19.1. The Balaban J connectivity index is 2.22. The van der Waals surface area contributed by atoms with Gasteiger partial charge in [0.15, 0.2) is 11.5 Å². The topological polar surface area (TPSA) is 49.8 Å². The summed E-state index contributed by atoms with van der Waals surface area (Å²) in [5.74, 6) is -0.771. The molecule has 2 aromatic carbocycles. The highest BCUT2D eigenvalue weighted by Crippen LogP contribution is 2.30. The molecule has 0 aliphatic rings. The van der Waals surface area contributed by atoms with Crippen LogP contribution in [0.25, 0.3) is 0 Å². The molecule has 2 rings (SSSR count). The Morgan fingerprint density at radius 2 is 1.95 bits per heavy atom. The van der Waals surface area contributed by atoms with E-state index < -0.39 is 5.91 Å². The lowest BCUT2D eigenvalue weighted by molar-refractivity contribution is 0.0780. The molecule has 0 unspecified atom stereocenters. The van der Waals surface area contributed by atoms with Crippen molar-refractivity contribution in [1.29, 1.82) is 0 Å². The molecule has 0 atom stereocenters. The second-order valence-corrected chi connectivity index (χ2v) is 4.61. The largest absolute Gasteiger partial charge is 0.504 e. The number of nitrogens with zero attached hydrogens (tertiary/aromatic N) is 1. The van der Waals surface area contributed by atoms with Crippen LogP contribution in [0.4, 0.5) is 4.39 Å². The van der Waals surface area contributed by atoms with E-state index in [2.05, 4.69) is 0 Å². The normalized spacial score (nSPS) is 10.2. The molecule has 4 nitrogen and oxygen atoms in total. The zero-order chi connectivity index (χ0) is 15.4. The number of methoxy groups -OCH3 is 1. The first-order valence-electron chi connectivity index (χ1n) is 6.39. The van der Waals surface area contributed by atoms with Gasteiger partial charge >= 0.3 is 0 Å². The first-order valence-corrected chi connectivity index (χ1v) is 6.39. The maximum Gasteiger partial charge on any atom is 0.257 e. The van der Waals surface area contributed by atoms with E-state index in [0.717, 1.165) is 0 Å². The summed E-state index contributed by atoms with van der Waals surface area (Å²) in [5.41, 5.74) is 0.531. The number of hydrogen-bond donors (Lipinski definition) is 1. The van der Waals surface area contributed by atoms with Gasteiger partial charge in [0.1, 0.15) is 5.82 Å². The molecule has 1 N–H and O–H groups in total. The summed E-state index contributed by atoms with van der Waals surface area (Å²) in [4.78, 5) is 13.7. The third-order valence-corrected chi connectivity index (χ3v) is 3.16. The van der Waals surface area contributed by atoms with E-state index in [9.17, 15) is 14.3 Å². The number of carbonyl (C=O) groups is 1. The lowest BCUT2D eigenvalue weighted by Crippen LogP contribution is -2.26. The third kappa shape index (κ3) is 3.13. The van der Waals surface area contributed by atoms with Crippen LogP contribution < -0.4 is 4.74 Å². The van der Waals surface area contributed by atoms with Crippen molar-refractivity contribution in [2.75, 3.05) is 14.2 Å². The minimum absolute atomic E-state index is 0.113. The number of benzene rings is 2.